The molecule has 92 valence electrons. The third-order valence-electron chi connectivity index (χ3n) is 2.26. The molecule has 0 amide bonds. The van der Waals surface area contributed by atoms with Crippen molar-refractivity contribution in [1.82, 2.24) is 20.2 Å². The van der Waals surface area contributed by atoms with Crippen molar-refractivity contribution < 1.29 is 10.1 Å². The third-order valence-corrected chi connectivity index (χ3v) is 2.26. The lowest BCUT2D eigenvalue weighted by Gasteiger charge is -2.04. The molecule has 0 bridgehead atoms. The molecule has 1 N–H and O–H groups in total. The SMILES string of the molecule is Cc1nnnn1C(=NO)c1ccc([N+](=O)[O-])cc1. The van der Waals surface area contributed by atoms with Crippen LogP contribution in [0.3, 0.4) is 0 Å². The average molecular weight is 248 g/mol. The van der Waals surface area contributed by atoms with Gasteiger partial charge in [-0.05, 0) is 29.5 Å². The van der Waals surface area contributed by atoms with Crippen LogP contribution in [0.5, 0.6) is 0 Å². The smallest absolute Gasteiger partial charge is 0.269 e. The van der Waals surface area contributed by atoms with Crippen LogP contribution >= 0.6 is 0 Å². The minimum absolute atomic E-state index is 0.0514. The van der Waals surface area contributed by atoms with Crippen LogP contribution in [0.15, 0.2) is 29.4 Å². The fourth-order valence-electron chi connectivity index (χ4n) is 1.38. The summed E-state index contributed by atoms with van der Waals surface area (Å²) >= 11 is 0. The summed E-state index contributed by atoms with van der Waals surface area (Å²) in [6.07, 6.45) is 0. The highest BCUT2D eigenvalue weighted by Crippen LogP contribution is 2.13. The summed E-state index contributed by atoms with van der Waals surface area (Å²) in [7, 11) is 0. The zero-order valence-corrected chi connectivity index (χ0v) is 9.26. The van der Waals surface area contributed by atoms with Crippen LogP contribution in [0.1, 0.15) is 11.4 Å². The Labute approximate surface area is 100 Å². The molecular formula is C9H8N6O3. The summed E-state index contributed by atoms with van der Waals surface area (Å²) in [6.45, 7) is 1.64. The van der Waals surface area contributed by atoms with Gasteiger partial charge in [-0.3, -0.25) is 10.1 Å². The number of nitro groups is 1. The average Bonchev–Trinajstić information content (AvgIpc) is 2.78. The van der Waals surface area contributed by atoms with Crippen LogP contribution in [0.4, 0.5) is 5.69 Å². The van der Waals surface area contributed by atoms with Gasteiger partial charge in [-0.25, -0.2) is 0 Å². The van der Waals surface area contributed by atoms with Gasteiger partial charge in [0.1, 0.15) is 0 Å². The van der Waals surface area contributed by atoms with Gasteiger partial charge in [-0.1, -0.05) is 5.16 Å². The molecule has 0 aliphatic rings. The standard InChI is InChI=1S/C9H8N6O3/c1-6-10-12-13-14(6)9(11-16)7-2-4-8(5-3-7)15(17)18/h2-5,16H,1H3. The fourth-order valence-corrected chi connectivity index (χ4v) is 1.38. The van der Waals surface area contributed by atoms with E-state index in [0.29, 0.717) is 11.4 Å². The van der Waals surface area contributed by atoms with Gasteiger partial charge < -0.3 is 5.21 Å². The van der Waals surface area contributed by atoms with E-state index in [1.165, 1.54) is 28.9 Å². The summed E-state index contributed by atoms with van der Waals surface area (Å²) in [5.41, 5.74) is 0.406. The van der Waals surface area contributed by atoms with Crippen LogP contribution in [0.2, 0.25) is 0 Å². The van der Waals surface area contributed by atoms with E-state index in [-0.39, 0.29) is 11.5 Å². The summed E-state index contributed by atoms with van der Waals surface area (Å²) < 4.78 is 1.22. The van der Waals surface area contributed by atoms with Crippen molar-refractivity contribution in [3.05, 3.63) is 45.8 Å². The van der Waals surface area contributed by atoms with Crippen LogP contribution < -0.4 is 0 Å². The Morgan fingerprint density at radius 3 is 2.56 bits per heavy atom. The topological polar surface area (TPSA) is 119 Å². The Kier molecular flexibility index (Phi) is 2.96. The Bertz CT molecular complexity index is 603. The quantitative estimate of drug-likeness (QED) is 0.273. The number of rotatable bonds is 2. The minimum Gasteiger partial charge on any atom is -0.409 e. The first kappa shape index (κ1) is 11.6. The molecule has 1 heterocycles. The number of oxime groups is 1. The molecule has 0 aliphatic heterocycles. The second-order valence-corrected chi connectivity index (χ2v) is 3.37. The first-order valence-electron chi connectivity index (χ1n) is 4.85. The monoisotopic (exact) mass is 248 g/mol. The van der Waals surface area contributed by atoms with Gasteiger partial charge in [-0.15, -0.1) is 5.10 Å². The molecule has 0 saturated heterocycles. The van der Waals surface area contributed by atoms with Gasteiger partial charge in [0.15, 0.2) is 5.82 Å². The van der Waals surface area contributed by atoms with Crippen molar-refractivity contribution in [2.75, 3.05) is 0 Å². The zero-order chi connectivity index (χ0) is 13.1. The van der Waals surface area contributed by atoms with E-state index < -0.39 is 4.92 Å². The molecule has 0 fully saturated rings. The van der Waals surface area contributed by atoms with Gasteiger partial charge in [0, 0.05) is 17.7 Å². The predicted molar refractivity (Wildman–Crippen MR) is 59.4 cm³/mol. The highest BCUT2D eigenvalue weighted by Gasteiger charge is 2.13. The first-order valence-corrected chi connectivity index (χ1v) is 4.85. The van der Waals surface area contributed by atoms with Crippen molar-refractivity contribution in [1.29, 1.82) is 0 Å². The van der Waals surface area contributed by atoms with Crippen LogP contribution in [0.25, 0.3) is 0 Å². The molecule has 0 spiro atoms. The summed E-state index contributed by atoms with van der Waals surface area (Å²) in [5.74, 6) is 0.522. The number of hydrogen-bond acceptors (Lipinski definition) is 7. The van der Waals surface area contributed by atoms with E-state index in [1.807, 2.05) is 0 Å². The predicted octanol–water partition coefficient (Wildman–Crippen LogP) is 0.574. The lowest BCUT2D eigenvalue weighted by atomic mass is 10.2. The van der Waals surface area contributed by atoms with Gasteiger partial charge in [0.25, 0.3) is 5.69 Å². The molecule has 9 heteroatoms. The highest BCUT2D eigenvalue weighted by molar-refractivity contribution is 5.99. The summed E-state index contributed by atoms with van der Waals surface area (Å²) in [4.78, 5) is 10.0. The van der Waals surface area contributed by atoms with Gasteiger partial charge >= 0.3 is 0 Å². The zero-order valence-electron chi connectivity index (χ0n) is 9.26. The Morgan fingerprint density at radius 1 is 1.44 bits per heavy atom. The molecule has 18 heavy (non-hydrogen) atoms. The van der Waals surface area contributed by atoms with E-state index in [0.717, 1.165) is 0 Å². The molecule has 2 rings (SSSR count). The van der Waals surface area contributed by atoms with E-state index >= 15 is 0 Å². The fraction of sp³-hybridized carbons (Fsp3) is 0.111. The van der Waals surface area contributed by atoms with E-state index in [2.05, 4.69) is 20.7 Å². The molecule has 0 atom stereocenters. The number of non-ortho nitro benzene ring substituents is 1. The first-order chi connectivity index (χ1) is 8.63. The molecule has 0 saturated carbocycles. The number of nitrogens with zero attached hydrogens (tertiary/aromatic N) is 6. The molecular weight excluding hydrogens is 240 g/mol. The lowest BCUT2D eigenvalue weighted by Crippen LogP contribution is -2.17. The Hall–Kier alpha value is -2.84. The maximum Gasteiger partial charge on any atom is 0.269 e. The molecule has 0 aliphatic carbocycles. The molecule has 1 aromatic carbocycles. The van der Waals surface area contributed by atoms with Gasteiger partial charge in [-0.2, -0.15) is 4.68 Å². The largest absolute Gasteiger partial charge is 0.409 e. The second-order valence-electron chi connectivity index (χ2n) is 3.37. The summed E-state index contributed by atoms with van der Waals surface area (Å²) in [6, 6.07) is 5.52. The van der Waals surface area contributed by atoms with Crippen LogP contribution in [-0.2, 0) is 0 Å². The number of aryl methyl sites for hydroxylation is 1. The highest BCUT2D eigenvalue weighted by atomic mass is 16.6. The summed E-state index contributed by atoms with van der Waals surface area (Å²) in [5, 5.41) is 33.4. The van der Waals surface area contributed by atoms with Crippen molar-refractivity contribution in [3.8, 4) is 0 Å². The Balaban J connectivity index is 2.41. The van der Waals surface area contributed by atoms with Crippen LogP contribution in [-0.4, -0.2) is 36.2 Å². The number of benzene rings is 1. The van der Waals surface area contributed by atoms with Crippen LogP contribution in [0, 0.1) is 17.0 Å². The number of nitro benzene ring substituents is 1. The Morgan fingerprint density at radius 2 is 2.11 bits per heavy atom. The maximum atomic E-state index is 10.5. The van der Waals surface area contributed by atoms with Gasteiger partial charge in [0.05, 0.1) is 4.92 Å². The number of hydrogen-bond donors (Lipinski definition) is 1. The van der Waals surface area contributed by atoms with Crippen molar-refractivity contribution in [2.24, 2.45) is 5.16 Å². The molecule has 9 nitrogen and oxygen atoms in total. The molecule has 0 unspecified atom stereocenters. The maximum absolute atomic E-state index is 10.5. The van der Waals surface area contributed by atoms with Crippen molar-refractivity contribution in [2.45, 2.75) is 6.92 Å². The van der Waals surface area contributed by atoms with Crippen molar-refractivity contribution >= 4 is 11.5 Å². The normalized spacial score (nSPS) is 11.5. The number of tetrazole rings is 1. The number of aromatic nitrogens is 4. The molecule has 1 aromatic heterocycles. The third kappa shape index (κ3) is 2.00. The molecule has 2 aromatic rings. The molecule has 0 radical (unpaired) electrons. The van der Waals surface area contributed by atoms with Gasteiger partial charge in [0.2, 0.25) is 5.84 Å². The van der Waals surface area contributed by atoms with Crippen molar-refractivity contribution in [3.63, 3.8) is 0 Å². The second kappa shape index (κ2) is 4.57. The minimum atomic E-state index is -0.512. The van der Waals surface area contributed by atoms with E-state index in [9.17, 15) is 10.1 Å². The van der Waals surface area contributed by atoms with E-state index in [1.54, 1.807) is 6.92 Å². The lowest BCUT2D eigenvalue weighted by molar-refractivity contribution is -0.384. The van der Waals surface area contributed by atoms with E-state index in [4.69, 9.17) is 5.21 Å².